The fourth-order valence-corrected chi connectivity index (χ4v) is 1.86. The Morgan fingerprint density at radius 1 is 1.00 bits per heavy atom. The maximum absolute atomic E-state index is 11.4. The molecule has 2 aliphatic heterocycles. The zero-order valence-corrected chi connectivity index (χ0v) is 7.72. The van der Waals surface area contributed by atoms with Gasteiger partial charge in [0.15, 0.2) is 0 Å². The molecule has 2 aliphatic rings. The third-order valence-corrected chi connectivity index (χ3v) is 2.54. The van der Waals surface area contributed by atoms with Gasteiger partial charge in [0.25, 0.3) is 0 Å². The molecule has 16 heavy (non-hydrogen) atoms. The molecule has 6 nitrogen and oxygen atoms in total. The van der Waals surface area contributed by atoms with Gasteiger partial charge in [0.1, 0.15) is 0 Å². The van der Waals surface area contributed by atoms with Crippen LogP contribution in [0.15, 0.2) is 12.1 Å². The number of esters is 3. The van der Waals surface area contributed by atoms with Crippen LogP contribution in [0, 0.1) is 0 Å². The summed E-state index contributed by atoms with van der Waals surface area (Å²) in [6, 6.07) is 2.63. The zero-order valence-electron chi connectivity index (χ0n) is 7.72. The number of carbonyl (C=O) groups is 3. The Hall–Kier alpha value is -2.21. The summed E-state index contributed by atoms with van der Waals surface area (Å²) in [6.45, 7) is 0. The van der Waals surface area contributed by atoms with Gasteiger partial charge in [0.2, 0.25) is 6.29 Å². The van der Waals surface area contributed by atoms with Gasteiger partial charge in [-0.3, -0.25) is 0 Å². The summed E-state index contributed by atoms with van der Waals surface area (Å²) in [5.41, 5.74) is 0.0539. The highest BCUT2D eigenvalue weighted by molar-refractivity contribution is 6.17. The van der Waals surface area contributed by atoms with E-state index in [0.29, 0.717) is 0 Å². The lowest BCUT2D eigenvalue weighted by atomic mass is 9.98. The van der Waals surface area contributed by atoms with E-state index < -0.39 is 24.2 Å². The lowest BCUT2D eigenvalue weighted by molar-refractivity contribution is -0.0551. The Balaban J connectivity index is 2.36. The van der Waals surface area contributed by atoms with Crippen LogP contribution in [0.4, 0.5) is 0 Å². The molecule has 1 atom stereocenters. The Bertz CT molecular complexity index is 559. The van der Waals surface area contributed by atoms with Crippen LogP contribution in [0.25, 0.3) is 0 Å². The molecule has 1 unspecified atom stereocenters. The second-order valence-electron chi connectivity index (χ2n) is 3.38. The van der Waals surface area contributed by atoms with E-state index in [2.05, 4.69) is 9.47 Å². The maximum Gasteiger partial charge on any atom is 0.347 e. The van der Waals surface area contributed by atoms with Crippen molar-refractivity contribution in [3.05, 3.63) is 34.4 Å². The first kappa shape index (κ1) is 9.05. The van der Waals surface area contributed by atoms with Crippen LogP contribution in [-0.2, 0) is 9.47 Å². The van der Waals surface area contributed by atoms with Gasteiger partial charge in [-0.1, -0.05) is 0 Å². The smallest absolute Gasteiger partial charge is 0.347 e. The largest absolute Gasteiger partial charge is 0.428 e. The molecule has 6 heteroatoms. The van der Waals surface area contributed by atoms with Gasteiger partial charge in [0.05, 0.1) is 16.7 Å². The average Bonchev–Trinajstić information content (AvgIpc) is 2.67. The molecule has 1 N–H and O–H groups in total. The molecule has 0 saturated carbocycles. The second-order valence-corrected chi connectivity index (χ2v) is 3.38. The van der Waals surface area contributed by atoms with Crippen molar-refractivity contribution >= 4 is 17.9 Å². The van der Waals surface area contributed by atoms with E-state index in [4.69, 9.17) is 0 Å². The topological polar surface area (TPSA) is 89.9 Å². The van der Waals surface area contributed by atoms with E-state index in [1.165, 1.54) is 12.1 Å². The normalized spacial score (nSPS) is 21.6. The van der Waals surface area contributed by atoms with Gasteiger partial charge in [-0.25, -0.2) is 14.4 Å². The molecule has 3 rings (SSSR count). The number of benzene rings is 1. The van der Waals surface area contributed by atoms with Crippen LogP contribution >= 0.6 is 0 Å². The highest BCUT2D eigenvalue weighted by Crippen LogP contribution is 2.36. The van der Waals surface area contributed by atoms with Crippen molar-refractivity contribution in [3.8, 4) is 0 Å². The van der Waals surface area contributed by atoms with E-state index >= 15 is 0 Å². The van der Waals surface area contributed by atoms with E-state index in [0.717, 1.165) is 0 Å². The van der Waals surface area contributed by atoms with Crippen molar-refractivity contribution in [1.29, 1.82) is 0 Å². The summed E-state index contributed by atoms with van der Waals surface area (Å²) < 4.78 is 8.92. The maximum atomic E-state index is 11.4. The number of fused-ring (bicyclic) bond motifs is 3. The van der Waals surface area contributed by atoms with Crippen LogP contribution in [0.3, 0.4) is 0 Å². The molecule has 2 heterocycles. The Morgan fingerprint density at radius 3 is 2.44 bits per heavy atom. The van der Waals surface area contributed by atoms with E-state index in [1.807, 2.05) is 0 Å². The Labute approximate surface area is 88.4 Å². The predicted molar refractivity (Wildman–Crippen MR) is 46.6 cm³/mol. The summed E-state index contributed by atoms with van der Waals surface area (Å²) in [6.07, 6.45) is -1.52. The first-order valence-corrected chi connectivity index (χ1v) is 4.42. The number of rotatable bonds is 0. The number of cyclic esters (lactones) is 3. The minimum atomic E-state index is -1.52. The molecule has 0 radical (unpaired) electrons. The summed E-state index contributed by atoms with van der Waals surface area (Å²) in [5.74, 6) is -2.37. The van der Waals surface area contributed by atoms with Gasteiger partial charge in [-0.05, 0) is 12.1 Å². The number of aliphatic hydroxyl groups is 1. The van der Waals surface area contributed by atoms with Gasteiger partial charge in [-0.15, -0.1) is 0 Å². The van der Waals surface area contributed by atoms with Gasteiger partial charge in [0, 0.05) is 5.56 Å². The first-order valence-electron chi connectivity index (χ1n) is 4.42. The first-order chi connectivity index (χ1) is 7.59. The average molecular weight is 220 g/mol. The summed E-state index contributed by atoms with van der Waals surface area (Å²) >= 11 is 0. The van der Waals surface area contributed by atoms with Crippen molar-refractivity contribution in [1.82, 2.24) is 0 Å². The lowest BCUT2D eigenvalue weighted by Crippen LogP contribution is -2.03. The second kappa shape index (κ2) is 2.67. The van der Waals surface area contributed by atoms with Crippen LogP contribution in [-0.4, -0.2) is 23.0 Å². The molecule has 1 aromatic rings. The molecule has 80 valence electrons. The molecule has 0 amide bonds. The molecule has 0 saturated heterocycles. The number of aliphatic hydroxyl groups excluding tert-OH is 1. The number of hydrogen-bond donors (Lipinski definition) is 1. The van der Waals surface area contributed by atoms with Crippen molar-refractivity contribution in [2.75, 3.05) is 0 Å². The summed E-state index contributed by atoms with van der Waals surface area (Å²) in [5, 5.41) is 9.46. The van der Waals surface area contributed by atoms with Gasteiger partial charge < -0.3 is 14.6 Å². The molecule has 0 bridgehead atoms. The fourth-order valence-electron chi connectivity index (χ4n) is 1.86. The molecule has 0 aromatic heterocycles. The van der Waals surface area contributed by atoms with Crippen molar-refractivity contribution in [2.45, 2.75) is 6.29 Å². The third-order valence-electron chi connectivity index (χ3n) is 2.54. The number of carbonyl (C=O) groups excluding carboxylic acids is 3. The van der Waals surface area contributed by atoms with Gasteiger partial charge in [-0.2, -0.15) is 0 Å². The van der Waals surface area contributed by atoms with Crippen molar-refractivity contribution in [3.63, 3.8) is 0 Å². The zero-order chi connectivity index (χ0) is 11.4. The van der Waals surface area contributed by atoms with Gasteiger partial charge >= 0.3 is 17.9 Å². The van der Waals surface area contributed by atoms with E-state index in [1.54, 1.807) is 0 Å². The highest BCUT2D eigenvalue weighted by Gasteiger charge is 2.41. The molecule has 0 aliphatic carbocycles. The van der Waals surface area contributed by atoms with Crippen LogP contribution in [0.5, 0.6) is 0 Å². The molecule has 1 aromatic carbocycles. The van der Waals surface area contributed by atoms with Crippen LogP contribution in [0.1, 0.15) is 42.9 Å². The van der Waals surface area contributed by atoms with Crippen molar-refractivity contribution in [2.24, 2.45) is 0 Å². The molecular formula is C10H4O6. The van der Waals surface area contributed by atoms with E-state index in [-0.39, 0.29) is 22.3 Å². The quantitative estimate of drug-likeness (QED) is 0.494. The van der Waals surface area contributed by atoms with Crippen LogP contribution in [0.2, 0.25) is 0 Å². The lowest BCUT2D eigenvalue weighted by Gasteiger charge is -2.03. The minimum Gasteiger partial charge on any atom is -0.428 e. The molecular weight excluding hydrogens is 216 g/mol. The minimum absolute atomic E-state index is 0.0124. The SMILES string of the molecule is O=C1OC(=O)c2c1ccc1c2C(O)OC1=O. The third kappa shape index (κ3) is 0.912. The Morgan fingerprint density at radius 2 is 1.69 bits per heavy atom. The standard InChI is InChI=1S/C10H4O6/c11-7-3-1-2-4-6(5(3)9(13)15-7)10(14)16-8(4)12/h1-2,9,13H. The molecule has 0 spiro atoms. The predicted octanol–water partition coefficient (Wildman–Crippen LogP) is 0.159. The number of ether oxygens (including phenoxy) is 2. The highest BCUT2D eigenvalue weighted by atomic mass is 16.6. The number of hydrogen-bond acceptors (Lipinski definition) is 6. The van der Waals surface area contributed by atoms with E-state index in [9.17, 15) is 19.5 Å². The molecule has 0 fully saturated rings. The summed E-state index contributed by atoms with van der Waals surface area (Å²) in [4.78, 5) is 33.8. The fraction of sp³-hybridized carbons (Fsp3) is 0.100. The Kier molecular flexibility index (Phi) is 1.51. The summed E-state index contributed by atoms with van der Waals surface area (Å²) in [7, 11) is 0. The van der Waals surface area contributed by atoms with Crippen LogP contribution < -0.4 is 0 Å². The monoisotopic (exact) mass is 220 g/mol. The van der Waals surface area contributed by atoms with Crippen molar-refractivity contribution < 1.29 is 29.0 Å².